The first-order valence-corrected chi connectivity index (χ1v) is 10.6. The molecule has 0 heterocycles. The molecule has 168 valence electrons. The average Bonchev–Trinajstić information content (AvgIpc) is 2.89. The Labute approximate surface area is 200 Å². The van der Waals surface area contributed by atoms with Gasteiger partial charge in [0.05, 0.1) is 28.4 Å². The van der Waals surface area contributed by atoms with Gasteiger partial charge in [-0.25, -0.2) is 0 Å². The van der Waals surface area contributed by atoms with Gasteiger partial charge in [-0.3, -0.25) is 0 Å². The van der Waals surface area contributed by atoms with Crippen molar-refractivity contribution in [2.45, 2.75) is 0 Å². The van der Waals surface area contributed by atoms with Gasteiger partial charge < -0.3 is 18.9 Å². The summed E-state index contributed by atoms with van der Waals surface area (Å²) in [5, 5.41) is 2.21. The number of benzene rings is 4. The van der Waals surface area contributed by atoms with Crippen molar-refractivity contribution in [3.8, 4) is 46.7 Å². The van der Waals surface area contributed by atoms with Crippen LogP contribution in [0.4, 0.5) is 0 Å². The molecule has 0 spiro atoms. The molecule has 0 bridgehead atoms. The molecule has 4 nitrogen and oxygen atoms in total. The number of ether oxygens (including phenoxy) is 4. The summed E-state index contributed by atoms with van der Waals surface area (Å²) in [7, 11) is 6.49. The Hall–Kier alpha value is -4.54. The number of hydrogen-bond acceptors (Lipinski definition) is 4. The van der Waals surface area contributed by atoms with Gasteiger partial charge in [-0.05, 0) is 65.4 Å². The van der Waals surface area contributed by atoms with Gasteiger partial charge in [0.15, 0.2) is 11.5 Å². The molecular formula is C30H24O4. The molecule has 0 amide bonds. The highest BCUT2D eigenvalue weighted by Crippen LogP contribution is 2.27. The van der Waals surface area contributed by atoms with Crippen LogP contribution in [0.15, 0.2) is 72.8 Å². The van der Waals surface area contributed by atoms with E-state index < -0.39 is 0 Å². The molecule has 0 fully saturated rings. The minimum Gasteiger partial charge on any atom is -0.497 e. The Balaban J connectivity index is 1.57. The molecule has 4 aromatic rings. The monoisotopic (exact) mass is 448 g/mol. The van der Waals surface area contributed by atoms with Gasteiger partial charge in [0.1, 0.15) is 11.5 Å². The minimum absolute atomic E-state index is 0.661. The predicted octanol–water partition coefficient (Wildman–Crippen LogP) is 5.67. The molecule has 0 aliphatic heterocycles. The van der Waals surface area contributed by atoms with Crippen molar-refractivity contribution in [3.05, 3.63) is 95.1 Å². The fraction of sp³-hybridized carbons (Fsp3) is 0.133. The van der Waals surface area contributed by atoms with Crippen LogP contribution in [0.5, 0.6) is 23.0 Å². The molecule has 0 saturated carbocycles. The number of hydrogen-bond donors (Lipinski definition) is 0. The molecule has 0 aliphatic rings. The minimum atomic E-state index is 0.661. The van der Waals surface area contributed by atoms with Crippen LogP contribution >= 0.6 is 0 Å². The van der Waals surface area contributed by atoms with E-state index in [1.165, 1.54) is 0 Å². The molecule has 0 saturated heterocycles. The number of methoxy groups -OCH3 is 4. The average molecular weight is 449 g/mol. The third-order valence-corrected chi connectivity index (χ3v) is 5.28. The Morgan fingerprint density at radius 3 is 1.38 bits per heavy atom. The Morgan fingerprint density at radius 1 is 0.412 bits per heavy atom. The van der Waals surface area contributed by atoms with Crippen LogP contribution in [-0.4, -0.2) is 28.4 Å². The summed E-state index contributed by atoms with van der Waals surface area (Å²) in [6, 6.07) is 23.5. The van der Waals surface area contributed by atoms with Gasteiger partial charge in [0.2, 0.25) is 0 Å². The molecule has 0 aromatic heterocycles. The van der Waals surface area contributed by atoms with Gasteiger partial charge in [0.25, 0.3) is 0 Å². The zero-order valence-electron chi connectivity index (χ0n) is 19.6. The standard InChI is InChI=1S/C30H24O4/c1-31-27-17-24(18-28(20-27)32-2)8-7-22-10-13-25-15-21(9-12-26(25)16-22)5-6-23-11-14-29(33-3)30(19-23)34-4/h9-20H,1-4H3. The molecule has 4 heteroatoms. The topological polar surface area (TPSA) is 36.9 Å². The summed E-state index contributed by atoms with van der Waals surface area (Å²) in [5.74, 6) is 15.6. The molecule has 0 atom stereocenters. The van der Waals surface area contributed by atoms with Crippen LogP contribution in [0.25, 0.3) is 10.8 Å². The van der Waals surface area contributed by atoms with Crippen LogP contribution in [0, 0.1) is 23.7 Å². The van der Waals surface area contributed by atoms with Gasteiger partial charge >= 0.3 is 0 Å². The Morgan fingerprint density at radius 2 is 0.882 bits per heavy atom. The second kappa shape index (κ2) is 10.4. The highest BCUT2D eigenvalue weighted by atomic mass is 16.5. The van der Waals surface area contributed by atoms with E-state index in [1.54, 1.807) is 28.4 Å². The molecule has 0 radical (unpaired) electrons. The SMILES string of the molecule is COc1cc(C#Cc2ccc3cc(C#Cc4ccc(OC)c(OC)c4)ccc3c2)cc(OC)c1. The molecule has 4 rings (SSSR count). The number of fused-ring (bicyclic) bond motifs is 1. The van der Waals surface area contributed by atoms with Crippen LogP contribution in [0.1, 0.15) is 22.3 Å². The molecule has 0 N–H and O–H groups in total. The third kappa shape index (κ3) is 5.26. The first-order chi connectivity index (χ1) is 16.6. The summed E-state index contributed by atoms with van der Waals surface area (Å²) in [4.78, 5) is 0. The Kier molecular flexibility index (Phi) is 6.92. The molecule has 4 aromatic carbocycles. The fourth-order valence-corrected chi connectivity index (χ4v) is 3.48. The van der Waals surface area contributed by atoms with E-state index in [2.05, 4.69) is 47.9 Å². The third-order valence-electron chi connectivity index (χ3n) is 5.28. The molecule has 0 unspecified atom stereocenters. The molecule has 0 aliphatic carbocycles. The van der Waals surface area contributed by atoms with E-state index in [1.807, 2.05) is 48.5 Å². The van der Waals surface area contributed by atoms with E-state index in [0.29, 0.717) is 23.0 Å². The van der Waals surface area contributed by atoms with Crippen molar-refractivity contribution in [3.63, 3.8) is 0 Å². The van der Waals surface area contributed by atoms with Gasteiger partial charge in [-0.2, -0.15) is 0 Å². The van der Waals surface area contributed by atoms with Crippen LogP contribution < -0.4 is 18.9 Å². The zero-order chi connectivity index (χ0) is 23.9. The van der Waals surface area contributed by atoms with Crippen molar-refractivity contribution in [1.82, 2.24) is 0 Å². The summed E-state index contributed by atoms with van der Waals surface area (Å²) in [6.07, 6.45) is 0. The van der Waals surface area contributed by atoms with Crippen LogP contribution in [0.2, 0.25) is 0 Å². The summed E-state index contributed by atoms with van der Waals surface area (Å²) < 4.78 is 21.3. The van der Waals surface area contributed by atoms with Crippen molar-refractivity contribution < 1.29 is 18.9 Å². The normalized spacial score (nSPS) is 9.88. The van der Waals surface area contributed by atoms with Crippen molar-refractivity contribution in [1.29, 1.82) is 0 Å². The molecule has 34 heavy (non-hydrogen) atoms. The van der Waals surface area contributed by atoms with Crippen LogP contribution in [-0.2, 0) is 0 Å². The summed E-state index contributed by atoms with van der Waals surface area (Å²) >= 11 is 0. The highest BCUT2D eigenvalue weighted by Gasteiger charge is 2.03. The largest absolute Gasteiger partial charge is 0.497 e. The van der Waals surface area contributed by atoms with E-state index in [0.717, 1.165) is 33.0 Å². The quantitative estimate of drug-likeness (QED) is 0.377. The van der Waals surface area contributed by atoms with Gasteiger partial charge in [-0.15, -0.1) is 0 Å². The van der Waals surface area contributed by atoms with Gasteiger partial charge in [0, 0.05) is 28.3 Å². The maximum absolute atomic E-state index is 5.35. The lowest BCUT2D eigenvalue weighted by atomic mass is 10.0. The number of rotatable bonds is 4. The smallest absolute Gasteiger partial charge is 0.161 e. The maximum Gasteiger partial charge on any atom is 0.161 e. The van der Waals surface area contributed by atoms with Crippen molar-refractivity contribution in [2.24, 2.45) is 0 Å². The van der Waals surface area contributed by atoms with E-state index in [4.69, 9.17) is 18.9 Å². The second-order valence-corrected chi connectivity index (χ2v) is 7.45. The van der Waals surface area contributed by atoms with Crippen molar-refractivity contribution in [2.75, 3.05) is 28.4 Å². The lowest BCUT2D eigenvalue weighted by Crippen LogP contribution is -1.90. The summed E-state index contributed by atoms with van der Waals surface area (Å²) in [6.45, 7) is 0. The van der Waals surface area contributed by atoms with Crippen molar-refractivity contribution >= 4 is 10.8 Å². The first kappa shape index (κ1) is 22.6. The predicted molar refractivity (Wildman–Crippen MR) is 135 cm³/mol. The summed E-state index contributed by atoms with van der Waals surface area (Å²) in [5.41, 5.74) is 3.55. The van der Waals surface area contributed by atoms with Crippen LogP contribution in [0.3, 0.4) is 0 Å². The Bertz CT molecular complexity index is 1440. The van der Waals surface area contributed by atoms with E-state index in [9.17, 15) is 0 Å². The maximum atomic E-state index is 5.35. The van der Waals surface area contributed by atoms with Gasteiger partial charge in [-0.1, -0.05) is 35.8 Å². The van der Waals surface area contributed by atoms with E-state index >= 15 is 0 Å². The zero-order valence-corrected chi connectivity index (χ0v) is 19.6. The first-order valence-electron chi connectivity index (χ1n) is 10.6. The van der Waals surface area contributed by atoms with E-state index in [-0.39, 0.29) is 0 Å². The lowest BCUT2D eigenvalue weighted by molar-refractivity contribution is 0.355. The highest BCUT2D eigenvalue weighted by molar-refractivity contribution is 5.85. The lowest BCUT2D eigenvalue weighted by Gasteiger charge is -2.06. The molecular weight excluding hydrogens is 424 g/mol. The second-order valence-electron chi connectivity index (χ2n) is 7.45. The fourth-order valence-electron chi connectivity index (χ4n) is 3.48.